The Bertz CT molecular complexity index is 1350. The monoisotopic (exact) mass is 441 g/mol. The quantitative estimate of drug-likeness (QED) is 0.489. The molecule has 1 aliphatic heterocycles. The molecule has 2 amide bonds. The molecule has 1 aliphatic rings. The van der Waals surface area contributed by atoms with Crippen LogP contribution < -0.4 is 10.2 Å². The van der Waals surface area contributed by atoms with E-state index in [1.807, 2.05) is 41.3 Å². The molecule has 0 bridgehead atoms. The first-order valence-corrected chi connectivity index (χ1v) is 11.2. The van der Waals surface area contributed by atoms with Gasteiger partial charge in [0, 0.05) is 43.2 Å². The van der Waals surface area contributed by atoms with Gasteiger partial charge in [-0.1, -0.05) is 42.0 Å². The van der Waals surface area contributed by atoms with Gasteiger partial charge in [-0.2, -0.15) is 0 Å². The van der Waals surface area contributed by atoms with E-state index in [4.69, 9.17) is 4.98 Å². The minimum absolute atomic E-state index is 0.0192. The van der Waals surface area contributed by atoms with Crippen LogP contribution in [0.3, 0.4) is 0 Å². The number of aryl methyl sites for hydroxylation is 1. The highest BCUT2D eigenvalue weighted by Crippen LogP contribution is 2.29. The largest absolute Gasteiger partial charge is 0.338 e. The van der Waals surface area contributed by atoms with E-state index < -0.39 is 0 Å². The number of piperazine rings is 1. The van der Waals surface area contributed by atoms with E-state index in [1.54, 1.807) is 6.08 Å². The Hall–Kier alpha value is -3.94. The van der Waals surface area contributed by atoms with Gasteiger partial charge < -0.3 is 15.1 Å². The molecule has 33 heavy (non-hydrogen) atoms. The van der Waals surface area contributed by atoms with Crippen molar-refractivity contribution in [3.05, 3.63) is 66.7 Å². The van der Waals surface area contributed by atoms with Crippen molar-refractivity contribution in [1.82, 2.24) is 29.8 Å². The summed E-state index contributed by atoms with van der Waals surface area (Å²) in [5, 5.41) is 13.0. The van der Waals surface area contributed by atoms with Crippen molar-refractivity contribution >= 4 is 28.5 Å². The summed E-state index contributed by atoms with van der Waals surface area (Å²) >= 11 is 0. The number of benzene rings is 2. The van der Waals surface area contributed by atoms with E-state index in [2.05, 4.69) is 57.4 Å². The summed E-state index contributed by atoms with van der Waals surface area (Å²) in [7, 11) is 0. The highest BCUT2D eigenvalue weighted by atomic mass is 16.2. The minimum atomic E-state index is -0.0663. The molecule has 2 aromatic heterocycles. The summed E-state index contributed by atoms with van der Waals surface area (Å²) in [6.07, 6.45) is 1.69. The van der Waals surface area contributed by atoms with Crippen LogP contribution in [0, 0.1) is 6.92 Å². The zero-order valence-corrected chi connectivity index (χ0v) is 18.9. The van der Waals surface area contributed by atoms with Gasteiger partial charge in [-0.05, 0) is 32.0 Å². The molecule has 1 fully saturated rings. The van der Waals surface area contributed by atoms with E-state index in [0.717, 1.165) is 39.4 Å². The molecule has 5 rings (SSSR count). The van der Waals surface area contributed by atoms with E-state index in [-0.39, 0.29) is 12.1 Å². The number of aromatic nitrogens is 4. The molecule has 4 aromatic rings. The SMILES string of the molecule is C=CCNC(=O)N1CCN(c2nc3ccccc3c3nnc(-c4cccc(C)c4)n23)CC1C. The Balaban J connectivity index is 1.59. The summed E-state index contributed by atoms with van der Waals surface area (Å²) in [5.74, 6) is 1.56. The number of hydrogen-bond donors (Lipinski definition) is 1. The fourth-order valence-corrected chi connectivity index (χ4v) is 4.45. The summed E-state index contributed by atoms with van der Waals surface area (Å²) in [5.41, 5.74) is 3.82. The van der Waals surface area contributed by atoms with E-state index in [0.29, 0.717) is 26.2 Å². The molecule has 0 saturated carbocycles. The van der Waals surface area contributed by atoms with Crippen LogP contribution in [-0.2, 0) is 0 Å². The number of anilines is 1. The maximum Gasteiger partial charge on any atom is 0.318 e. The first-order chi connectivity index (χ1) is 16.1. The van der Waals surface area contributed by atoms with Crippen molar-refractivity contribution < 1.29 is 4.79 Å². The molecule has 1 N–H and O–H groups in total. The number of hydrogen-bond acceptors (Lipinski definition) is 5. The van der Waals surface area contributed by atoms with Crippen LogP contribution in [-0.4, -0.2) is 62.7 Å². The first kappa shape index (κ1) is 20.9. The average Bonchev–Trinajstić information content (AvgIpc) is 3.27. The summed E-state index contributed by atoms with van der Waals surface area (Å²) in [6.45, 7) is 10.2. The van der Waals surface area contributed by atoms with Crippen LogP contribution in [0.15, 0.2) is 61.2 Å². The summed E-state index contributed by atoms with van der Waals surface area (Å²) in [4.78, 5) is 21.7. The maximum absolute atomic E-state index is 12.5. The van der Waals surface area contributed by atoms with Gasteiger partial charge in [-0.25, -0.2) is 14.2 Å². The van der Waals surface area contributed by atoms with Gasteiger partial charge in [0.2, 0.25) is 5.95 Å². The Morgan fingerprint density at radius 1 is 1.18 bits per heavy atom. The summed E-state index contributed by atoms with van der Waals surface area (Å²) in [6, 6.07) is 16.2. The van der Waals surface area contributed by atoms with Crippen LogP contribution in [0.2, 0.25) is 0 Å². The molecule has 168 valence electrons. The molecule has 3 heterocycles. The predicted octanol–water partition coefficient (Wildman–Crippen LogP) is 3.66. The molecule has 0 spiro atoms. The lowest BCUT2D eigenvalue weighted by Crippen LogP contribution is -2.57. The second kappa shape index (κ2) is 8.54. The van der Waals surface area contributed by atoms with Crippen LogP contribution >= 0.6 is 0 Å². The molecule has 2 aromatic carbocycles. The molecule has 1 saturated heterocycles. The van der Waals surface area contributed by atoms with Gasteiger partial charge >= 0.3 is 6.03 Å². The number of para-hydroxylation sites is 1. The Labute approximate surface area is 192 Å². The number of urea groups is 1. The van der Waals surface area contributed by atoms with E-state index in [1.165, 1.54) is 0 Å². The molecule has 8 nitrogen and oxygen atoms in total. The van der Waals surface area contributed by atoms with Crippen molar-refractivity contribution in [2.75, 3.05) is 31.1 Å². The van der Waals surface area contributed by atoms with Gasteiger partial charge in [0.05, 0.1) is 5.52 Å². The number of fused-ring (bicyclic) bond motifs is 3. The van der Waals surface area contributed by atoms with Crippen LogP contribution in [0.4, 0.5) is 10.7 Å². The van der Waals surface area contributed by atoms with Crippen molar-refractivity contribution in [2.24, 2.45) is 0 Å². The second-order valence-corrected chi connectivity index (χ2v) is 8.44. The van der Waals surface area contributed by atoms with E-state index in [9.17, 15) is 4.79 Å². The number of carbonyl (C=O) groups is 1. The highest BCUT2D eigenvalue weighted by Gasteiger charge is 2.30. The van der Waals surface area contributed by atoms with Crippen molar-refractivity contribution in [3.63, 3.8) is 0 Å². The number of rotatable bonds is 4. The van der Waals surface area contributed by atoms with E-state index >= 15 is 0 Å². The topological polar surface area (TPSA) is 78.7 Å². The molecule has 1 unspecified atom stereocenters. The van der Waals surface area contributed by atoms with Gasteiger partial charge in [0.25, 0.3) is 0 Å². The van der Waals surface area contributed by atoms with Gasteiger partial charge in [0.1, 0.15) is 0 Å². The smallest absolute Gasteiger partial charge is 0.318 e. The fraction of sp³-hybridized carbons (Fsp3) is 0.280. The van der Waals surface area contributed by atoms with Crippen LogP contribution in [0.25, 0.3) is 27.9 Å². The number of nitrogens with zero attached hydrogens (tertiary/aromatic N) is 6. The second-order valence-electron chi connectivity index (χ2n) is 8.44. The first-order valence-electron chi connectivity index (χ1n) is 11.2. The van der Waals surface area contributed by atoms with Crippen molar-refractivity contribution in [2.45, 2.75) is 19.9 Å². The van der Waals surface area contributed by atoms with Crippen molar-refractivity contribution in [1.29, 1.82) is 0 Å². The van der Waals surface area contributed by atoms with Gasteiger partial charge in [-0.15, -0.1) is 16.8 Å². The lowest BCUT2D eigenvalue weighted by atomic mass is 10.1. The zero-order chi connectivity index (χ0) is 22.9. The lowest BCUT2D eigenvalue weighted by Gasteiger charge is -2.40. The van der Waals surface area contributed by atoms with Crippen LogP contribution in [0.1, 0.15) is 12.5 Å². The third kappa shape index (κ3) is 3.77. The molecule has 0 aliphatic carbocycles. The fourth-order valence-electron chi connectivity index (χ4n) is 4.45. The molecule has 8 heteroatoms. The molecule has 0 radical (unpaired) electrons. The average molecular weight is 442 g/mol. The number of amides is 2. The Kier molecular flexibility index (Phi) is 5.42. The molecular weight excluding hydrogens is 414 g/mol. The lowest BCUT2D eigenvalue weighted by molar-refractivity contribution is 0.172. The molecule has 1 atom stereocenters. The number of carbonyl (C=O) groups excluding carboxylic acids is 1. The Morgan fingerprint density at radius 2 is 2.03 bits per heavy atom. The standard InChI is InChI=1S/C25H27N7O/c1-4-12-26-25(33)31-14-13-30(16-18(31)3)24-27-21-11-6-5-10-20(21)23-29-28-22(32(23)24)19-9-7-8-17(2)15-19/h4-11,15,18H,1,12-14,16H2,2-3H3,(H,26,33). The normalized spacial score (nSPS) is 16.4. The van der Waals surface area contributed by atoms with Crippen molar-refractivity contribution in [3.8, 4) is 11.4 Å². The highest BCUT2D eigenvalue weighted by molar-refractivity contribution is 5.93. The third-order valence-electron chi connectivity index (χ3n) is 6.07. The third-order valence-corrected chi connectivity index (χ3v) is 6.07. The zero-order valence-electron chi connectivity index (χ0n) is 18.9. The van der Waals surface area contributed by atoms with Crippen LogP contribution in [0.5, 0.6) is 0 Å². The number of nitrogens with one attached hydrogen (secondary N) is 1. The maximum atomic E-state index is 12.5. The summed E-state index contributed by atoms with van der Waals surface area (Å²) < 4.78 is 2.05. The van der Waals surface area contributed by atoms with Gasteiger partial charge in [0.15, 0.2) is 11.5 Å². The minimum Gasteiger partial charge on any atom is -0.338 e. The Morgan fingerprint density at radius 3 is 2.82 bits per heavy atom. The predicted molar refractivity (Wildman–Crippen MR) is 130 cm³/mol. The van der Waals surface area contributed by atoms with Gasteiger partial charge in [-0.3, -0.25) is 0 Å². The molecular formula is C25H27N7O.